The molecule has 4 rings (SSSR count). The van der Waals surface area contributed by atoms with Crippen LogP contribution in [-0.2, 0) is 9.59 Å². The minimum atomic E-state index is -1.29. The van der Waals surface area contributed by atoms with Gasteiger partial charge in [0.25, 0.3) is 11.7 Å². The van der Waals surface area contributed by atoms with Crippen molar-refractivity contribution in [3.8, 4) is 5.75 Å². The summed E-state index contributed by atoms with van der Waals surface area (Å²) in [4.78, 5) is 26.8. The Morgan fingerprint density at radius 3 is 2.47 bits per heavy atom. The van der Waals surface area contributed by atoms with E-state index in [0.29, 0.717) is 0 Å². The maximum Gasteiger partial charge on any atom is 0.300 e. The lowest BCUT2D eigenvalue weighted by Gasteiger charge is -2.26. The number of hydrogen-bond donors (Lipinski definition) is 2. The summed E-state index contributed by atoms with van der Waals surface area (Å²) in [7, 11) is 0. The second kappa shape index (κ2) is 8.20. The molecule has 162 valence electrons. The maximum absolute atomic E-state index is 14.6. The number of phenolic OH excluding ortho intramolecular Hbond substituents is 1. The summed E-state index contributed by atoms with van der Waals surface area (Å²) in [6, 6.07) is 11.8. The fourth-order valence-electron chi connectivity index (χ4n) is 3.71. The smallest absolute Gasteiger partial charge is 0.300 e. The van der Waals surface area contributed by atoms with E-state index in [9.17, 15) is 28.6 Å². The number of Topliss-reactive ketones (excluding diaryl/α,β-unsaturated/α-hetero) is 1. The Morgan fingerprint density at radius 1 is 1.03 bits per heavy atom. The number of amides is 1. The molecule has 1 fully saturated rings. The van der Waals surface area contributed by atoms with Crippen LogP contribution in [0.1, 0.15) is 22.7 Å². The summed E-state index contributed by atoms with van der Waals surface area (Å²) in [5, 5.41) is 21.0. The number of carbonyl (C=O) groups excluding carboxylic acids is 2. The first-order valence-corrected chi connectivity index (χ1v) is 10.3. The highest BCUT2D eigenvalue weighted by Gasteiger charge is 2.48. The summed E-state index contributed by atoms with van der Waals surface area (Å²) in [5.74, 6) is -4.53. The lowest BCUT2D eigenvalue weighted by Crippen LogP contribution is -2.30. The van der Waals surface area contributed by atoms with Gasteiger partial charge in [0.15, 0.2) is 0 Å². The molecular weight excluding hydrogens is 484 g/mol. The lowest BCUT2D eigenvalue weighted by molar-refractivity contribution is -0.132. The van der Waals surface area contributed by atoms with E-state index < -0.39 is 40.8 Å². The number of hydrogen-bond acceptors (Lipinski definition) is 4. The van der Waals surface area contributed by atoms with E-state index in [1.807, 2.05) is 0 Å². The van der Waals surface area contributed by atoms with Crippen molar-refractivity contribution < 1.29 is 28.6 Å². The molecule has 3 aromatic rings. The summed E-state index contributed by atoms with van der Waals surface area (Å²) in [6.07, 6.45) is 0. The van der Waals surface area contributed by atoms with E-state index in [4.69, 9.17) is 0 Å². The third-order valence-corrected chi connectivity index (χ3v) is 6.12. The minimum absolute atomic E-state index is 0.160. The van der Waals surface area contributed by atoms with Crippen LogP contribution in [0.15, 0.2) is 70.7 Å². The number of rotatable bonds is 3. The standard InChI is InChI=1S/C24H16BrF2NO4/c1-12-9-14(5-7-17(12)25)22(30)20-21(13-3-2-4-16(29)10-13)28(24(32)23(20)31)19-11-15(26)6-8-18(19)27/h2-11,21,29-30H,1H3/b22-20+. The number of aromatic hydroxyl groups is 1. The third kappa shape index (κ3) is 3.67. The van der Waals surface area contributed by atoms with Crippen molar-refractivity contribution in [3.05, 3.63) is 99.0 Å². The molecular formula is C24H16BrF2NO4. The number of aliphatic hydroxyl groups excluding tert-OH is 1. The fourth-order valence-corrected chi connectivity index (χ4v) is 3.96. The first-order chi connectivity index (χ1) is 15.2. The molecule has 0 bridgehead atoms. The van der Waals surface area contributed by atoms with Crippen LogP contribution in [0.3, 0.4) is 0 Å². The van der Waals surface area contributed by atoms with Crippen molar-refractivity contribution in [2.75, 3.05) is 4.90 Å². The summed E-state index contributed by atoms with van der Waals surface area (Å²) in [6.45, 7) is 1.79. The van der Waals surface area contributed by atoms with Gasteiger partial charge in [-0.2, -0.15) is 0 Å². The molecule has 1 amide bonds. The van der Waals surface area contributed by atoms with E-state index in [1.165, 1.54) is 24.3 Å². The highest BCUT2D eigenvalue weighted by atomic mass is 79.9. The van der Waals surface area contributed by atoms with Crippen LogP contribution in [-0.4, -0.2) is 21.9 Å². The highest BCUT2D eigenvalue weighted by Crippen LogP contribution is 2.43. The number of anilines is 1. The molecule has 1 aliphatic heterocycles. The van der Waals surface area contributed by atoms with E-state index in [-0.39, 0.29) is 22.4 Å². The van der Waals surface area contributed by atoms with Gasteiger partial charge in [-0.25, -0.2) is 8.78 Å². The fraction of sp³-hybridized carbons (Fsp3) is 0.0833. The van der Waals surface area contributed by atoms with Crippen LogP contribution in [0.2, 0.25) is 0 Å². The Hall–Kier alpha value is -3.52. The van der Waals surface area contributed by atoms with Crippen LogP contribution in [0, 0.1) is 18.6 Å². The molecule has 1 heterocycles. The lowest BCUT2D eigenvalue weighted by atomic mass is 9.94. The Bertz CT molecular complexity index is 1300. The van der Waals surface area contributed by atoms with Crippen molar-refractivity contribution in [2.24, 2.45) is 0 Å². The minimum Gasteiger partial charge on any atom is -0.508 e. The van der Waals surface area contributed by atoms with Crippen LogP contribution >= 0.6 is 15.9 Å². The topological polar surface area (TPSA) is 77.8 Å². The number of halogens is 3. The van der Waals surface area contributed by atoms with Crippen LogP contribution in [0.4, 0.5) is 14.5 Å². The Kier molecular flexibility index (Phi) is 5.56. The van der Waals surface area contributed by atoms with Gasteiger partial charge in [-0.1, -0.05) is 34.1 Å². The monoisotopic (exact) mass is 499 g/mol. The Morgan fingerprint density at radius 2 is 1.78 bits per heavy atom. The van der Waals surface area contributed by atoms with Crippen LogP contribution in [0.5, 0.6) is 5.75 Å². The van der Waals surface area contributed by atoms with Gasteiger partial charge < -0.3 is 10.2 Å². The Labute approximate surface area is 190 Å². The zero-order valence-corrected chi connectivity index (χ0v) is 18.2. The first-order valence-electron chi connectivity index (χ1n) is 9.50. The summed E-state index contributed by atoms with van der Waals surface area (Å²) >= 11 is 3.36. The average Bonchev–Trinajstić information content (AvgIpc) is 3.02. The molecule has 0 aliphatic carbocycles. The molecule has 3 aromatic carbocycles. The number of nitrogens with zero attached hydrogens (tertiary/aromatic N) is 1. The molecule has 2 N–H and O–H groups in total. The first kappa shape index (κ1) is 21.7. The molecule has 1 aliphatic rings. The molecule has 8 heteroatoms. The second-order valence-electron chi connectivity index (χ2n) is 7.32. The number of aryl methyl sites for hydroxylation is 1. The van der Waals surface area contributed by atoms with Gasteiger partial charge in [0.2, 0.25) is 0 Å². The number of phenols is 1. The van der Waals surface area contributed by atoms with Gasteiger partial charge in [-0.05, 0) is 54.4 Å². The van der Waals surface area contributed by atoms with Gasteiger partial charge in [0.05, 0.1) is 17.3 Å². The molecule has 1 atom stereocenters. The van der Waals surface area contributed by atoms with Crippen LogP contribution in [0.25, 0.3) is 5.76 Å². The Balaban J connectivity index is 2.00. The zero-order chi connectivity index (χ0) is 23.2. The molecule has 0 spiro atoms. The molecule has 1 unspecified atom stereocenters. The quantitative estimate of drug-likeness (QED) is 0.288. The number of carbonyl (C=O) groups is 2. The van der Waals surface area contributed by atoms with Crippen molar-refractivity contribution >= 4 is 39.1 Å². The number of ketones is 1. The molecule has 32 heavy (non-hydrogen) atoms. The van der Waals surface area contributed by atoms with Crippen LogP contribution < -0.4 is 4.90 Å². The van der Waals surface area contributed by atoms with Gasteiger partial charge in [0.1, 0.15) is 23.1 Å². The third-order valence-electron chi connectivity index (χ3n) is 5.23. The zero-order valence-electron chi connectivity index (χ0n) is 16.6. The van der Waals surface area contributed by atoms with E-state index in [1.54, 1.807) is 25.1 Å². The normalized spacial score (nSPS) is 17.8. The van der Waals surface area contributed by atoms with E-state index in [0.717, 1.165) is 33.1 Å². The second-order valence-corrected chi connectivity index (χ2v) is 8.18. The van der Waals surface area contributed by atoms with Crippen molar-refractivity contribution in [1.82, 2.24) is 0 Å². The van der Waals surface area contributed by atoms with Crippen molar-refractivity contribution in [2.45, 2.75) is 13.0 Å². The van der Waals surface area contributed by atoms with Crippen molar-refractivity contribution in [3.63, 3.8) is 0 Å². The molecule has 1 saturated heterocycles. The summed E-state index contributed by atoms with van der Waals surface area (Å²) < 4.78 is 29.3. The SMILES string of the molecule is Cc1cc(/C(O)=C2\C(=O)C(=O)N(c3cc(F)ccc3F)C2c2cccc(O)c2)ccc1Br. The molecule has 0 aromatic heterocycles. The van der Waals surface area contributed by atoms with Gasteiger partial charge in [-0.15, -0.1) is 0 Å². The molecule has 5 nitrogen and oxygen atoms in total. The summed E-state index contributed by atoms with van der Waals surface area (Å²) in [5.41, 5.74) is 0.530. The number of benzene rings is 3. The van der Waals surface area contributed by atoms with E-state index in [2.05, 4.69) is 15.9 Å². The highest BCUT2D eigenvalue weighted by molar-refractivity contribution is 9.10. The largest absolute Gasteiger partial charge is 0.508 e. The van der Waals surface area contributed by atoms with E-state index >= 15 is 0 Å². The molecule has 0 radical (unpaired) electrons. The molecule has 0 saturated carbocycles. The van der Waals surface area contributed by atoms with Gasteiger partial charge in [0, 0.05) is 16.1 Å². The van der Waals surface area contributed by atoms with Gasteiger partial charge in [-0.3, -0.25) is 14.5 Å². The predicted molar refractivity (Wildman–Crippen MR) is 118 cm³/mol. The maximum atomic E-state index is 14.6. The van der Waals surface area contributed by atoms with Crippen molar-refractivity contribution in [1.29, 1.82) is 0 Å². The van der Waals surface area contributed by atoms with Gasteiger partial charge >= 0.3 is 0 Å². The average molecular weight is 500 g/mol. The predicted octanol–water partition coefficient (Wildman–Crippen LogP) is 5.37. The number of aliphatic hydroxyl groups is 1.